The first kappa shape index (κ1) is 21.8. The number of para-hydroxylation sites is 1. The monoisotopic (exact) mass is 472 g/mol. The molecule has 0 atom stereocenters. The number of hydrogen-bond acceptors (Lipinski definition) is 7. The Morgan fingerprint density at radius 1 is 1.09 bits per heavy atom. The number of ether oxygens (including phenoxy) is 1. The lowest BCUT2D eigenvalue weighted by Gasteiger charge is -2.12. The molecule has 5 rings (SSSR count). The molecule has 7 nitrogen and oxygen atoms in total. The van der Waals surface area contributed by atoms with Crippen molar-refractivity contribution in [3.63, 3.8) is 0 Å². The van der Waals surface area contributed by atoms with E-state index in [1.807, 2.05) is 42.5 Å². The maximum atomic E-state index is 13.2. The summed E-state index contributed by atoms with van der Waals surface area (Å²) in [5.74, 6) is -0.635. The fourth-order valence-corrected chi connectivity index (χ4v) is 5.07. The number of carbonyl (C=O) groups is 3. The van der Waals surface area contributed by atoms with E-state index in [4.69, 9.17) is 19.9 Å². The summed E-state index contributed by atoms with van der Waals surface area (Å²) >= 11 is 1.17. The van der Waals surface area contributed by atoms with Gasteiger partial charge in [-0.25, -0.2) is 9.78 Å². The SMILES string of the molecule is NC(=O)Cc1ccc(C(=O)COC(=O)c2c3c(nc4ccccc24)/C(=C\c2ccco2)CC3)s1. The Morgan fingerprint density at radius 2 is 1.94 bits per heavy atom. The first-order valence-corrected chi connectivity index (χ1v) is 11.5. The van der Waals surface area contributed by atoms with E-state index in [9.17, 15) is 14.4 Å². The Morgan fingerprint density at radius 3 is 2.74 bits per heavy atom. The van der Waals surface area contributed by atoms with Gasteiger partial charge >= 0.3 is 5.97 Å². The van der Waals surface area contributed by atoms with E-state index < -0.39 is 18.5 Å². The summed E-state index contributed by atoms with van der Waals surface area (Å²) in [5.41, 5.74) is 8.89. The van der Waals surface area contributed by atoms with E-state index in [0.29, 0.717) is 32.6 Å². The topological polar surface area (TPSA) is 112 Å². The van der Waals surface area contributed by atoms with Crippen molar-refractivity contribution in [1.82, 2.24) is 4.98 Å². The first-order valence-electron chi connectivity index (χ1n) is 10.7. The highest BCUT2D eigenvalue weighted by atomic mass is 32.1. The molecule has 0 saturated carbocycles. The Balaban J connectivity index is 1.43. The van der Waals surface area contributed by atoms with Crippen LogP contribution in [0.25, 0.3) is 22.6 Å². The molecule has 4 aromatic rings. The summed E-state index contributed by atoms with van der Waals surface area (Å²) < 4.78 is 10.9. The first-order chi connectivity index (χ1) is 16.5. The molecule has 0 aliphatic heterocycles. The maximum absolute atomic E-state index is 13.2. The highest BCUT2D eigenvalue weighted by molar-refractivity contribution is 7.14. The van der Waals surface area contributed by atoms with Crippen LogP contribution in [-0.2, 0) is 22.4 Å². The van der Waals surface area contributed by atoms with Gasteiger partial charge in [0.1, 0.15) is 5.76 Å². The number of pyridine rings is 1. The van der Waals surface area contributed by atoms with Crippen molar-refractivity contribution in [1.29, 1.82) is 0 Å². The number of rotatable bonds is 7. The number of thiophene rings is 1. The second-order valence-corrected chi connectivity index (χ2v) is 9.09. The molecule has 1 aliphatic carbocycles. The van der Waals surface area contributed by atoms with Gasteiger partial charge in [-0.15, -0.1) is 11.3 Å². The van der Waals surface area contributed by atoms with Crippen LogP contribution in [0.15, 0.2) is 59.2 Å². The van der Waals surface area contributed by atoms with Crippen LogP contribution in [-0.4, -0.2) is 29.3 Å². The molecule has 2 N–H and O–H groups in total. The minimum atomic E-state index is -0.559. The number of fused-ring (bicyclic) bond motifs is 2. The molecule has 0 unspecified atom stereocenters. The largest absolute Gasteiger partial charge is 0.465 e. The Kier molecular flexibility index (Phi) is 5.81. The van der Waals surface area contributed by atoms with Crippen molar-refractivity contribution in [2.75, 3.05) is 6.61 Å². The zero-order valence-electron chi connectivity index (χ0n) is 18.1. The van der Waals surface area contributed by atoms with Crippen molar-refractivity contribution >= 4 is 51.5 Å². The van der Waals surface area contributed by atoms with E-state index in [0.717, 1.165) is 29.0 Å². The van der Waals surface area contributed by atoms with Gasteiger partial charge in [0.2, 0.25) is 11.7 Å². The van der Waals surface area contributed by atoms with Gasteiger partial charge < -0.3 is 14.9 Å². The van der Waals surface area contributed by atoms with Crippen LogP contribution < -0.4 is 5.73 Å². The van der Waals surface area contributed by atoms with E-state index in [1.165, 1.54) is 11.3 Å². The lowest BCUT2D eigenvalue weighted by molar-refractivity contribution is -0.117. The minimum Gasteiger partial charge on any atom is -0.465 e. The average molecular weight is 473 g/mol. The summed E-state index contributed by atoms with van der Waals surface area (Å²) in [6, 6.07) is 14.4. The number of amides is 1. The molecular weight excluding hydrogens is 452 g/mol. The number of furan rings is 1. The number of esters is 1. The number of carbonyl (C=O) groups excluding carboxylic acids is 3. The molecule has 0 radical (unpaired) electrons. The van der Waals surface area contributed by atoms with Crippen molar-refractivity contribution < 1.29 is 23.5 Å². The molecule has 8 heteroatoms. The van der Waals surface area contributed by atoms with Crippen LogP contribution in [0.2, 0.25) is 0 Å². The van der Waals surface area contributed by atoms with Gasteiger partial charge in [0, 0.05) is 10.3 Å². The standard InChI is InChI=1S/C26H20N2O5S/c27-23(30)13-17-8-10-22(34-17)21(29)14-33-26(31)24-18-5-1-2-6-20(18)28-25-15(7-9-19(24)25)12-16-4-3-11-32-16/h1-6,8,10-12H,7,9,13-14H2,(H2,27,30)/b15-12-. The molecule has 0 fully saturated rings. The van der Waals surface area contributed by atoms with Crippen LogP contribution in [0.3, 0.4) is 0 Å². The number of nitrogens with two attached hydrogens (primary N) is 1. The zero-order valence-corrected chi connectivity index (χ0v) is 18.9. The van der Waals surface area contributed by atoms with Crippen LogP contribution >= 0.6 is 11.3 Å². The van der Waals surface area contributed by atoms with Crippen LogP contribution in [0.4, 0.5) is 0 Å². The lowest BCUT2D eigenvalue weighted by atomic mass is 10.0. The summed E-state index contributed by atoms with van der Waals surface area (Å²) in [5, 5.41) is 0.692. The van der Waals surface area contributed by atoms with Crippen LogP contribution in [0.1, 0.15) is 48.3 Å². The second kappa shape index (κ2) is 9.07. The van der Waals surface area contributed by atoms with Crippen molar-refractivity contribution in [2.24, 2.45) is 5.73 Å². The Bertz CT molecular complexity index is 1450. The third-order valence-electron chi connectivity index (χ3n) is 5.62. The second-order valence-electron chi connectivity index (χ2n) is 7.92. The van der Waals surface area contributed by atoms with Crippen LogP contribution in [0, 0.1) is 0 Å². The van der Waals surface area contributed by atoms with E-state index in [-0.39, 0.29) is 12.2 Å². The summed E-state index contributed by atoms with van der Waals surface area (Å²) in [4.78, 5) is 42.8. The number of Topliss-reactive ketones (excluding diaryl/α,β-unsaturated/α-hetero) is 1. The number of allylic oxidation sites excluding steroid dienone is 1. The number of benzene rings is 1. The van der Waals surface area contributed by atoms with Gasteiger partial charge in [-0.1, -0.05) is 18.2 Å². The molecule has 1 aromatic carbocycles. The Labute approximate surface area is 198 Å². The zero-order chi connectivity index (χ0) is 23.7. The molecule has 1 aliphatic rings. The fraction of sp³-hybridized carbons (Fsp3) is 0.154. The molecule has 3 heterocycles. The van der Waals surface area contributed by atoms with Crippen molar-refractivity contribution in [2.45, 2.75) is 19.3 Å². The number of hydrogen-bond donors (Lipinski definition) is 1. The quantitative estimate of drug-likeness (QED) is 0.314. The fourth-order valence-electron chi connectivity index (χ4n) is 4.13. The predicted octanol–water partition coefficient (Wildman–Crippen LogP) is 4.44. The maximum Gasteiger partial charge on any atom is 0.339 e. The van der Waals surface area contributed by atoms with Crippen molar-refractivity contribution in [3.8, 4) is 0 Å². The van der Waals surface area contributed by atoms with Gasteiger partial charge in [0.25, 0.3) is 0 Å². The highest BCUT2D eigenvalue weighted by Crippen LogP contribution is 2.37. The van der Waals surface area contributed by atoms with Gasteiger partial charge in [0.15, 0.2) is 6.61 Å². The number of ketones is 1. The molecule has 3 aromatic heterocycles. The normalized spacial score (nSPS) is 13.8. The predicted molar refractivity (Wildman–Crippen MR) is 128 cm³/mol. The molecule has 0 spiro atoms. The van der Waals surface area contributed by atoms with Gasteiger partial charge in [-0.2, -0.15) is 0 Å². The third kappa shape index (κ3) is 4.27. The molecule has 0 saturated heterocycles. The molecule has 1 amide bonds. The number of aromatic nitrogens is 1. The molecule has 170 valence electrons. The molecule has 34 heavy (non-hydrogen) atoms. The van der Waals surface area contributed by atoms with Crippen molar-refractivity contribution in [3.05, 3.63) is 87.1 Å². The highest BCUT2D eigenvalue weighted by Gasteiger charge is 2.28. The minimum absolute atomic E-state index is 0.0702. The summed E-state index contributed by atoms with van der Waals surface area (Å²) in [6.07, 6.45) is 4.98. The third-order valence-corrected chi connectivity index (χ3v) is 6.75. The molecular formula is C26H20N2O5S. The van der Waals surface area contributed by atoms with Gasteiger partial charge in [-0.3, -0.25) is 9.59 Å². The van der Waals surface area contributed by atoms with Crippen LogP contribution in [0.5, 0.6) is 0 Å². The van der Waals surface area contributed by atoms with Gasteiger partial charge in [0.05, 0.1) is 34.3 Å². The van der Waals surface area contributed by atoms with Gasteiger partial charge in [-0.05, 0) is 60.4 Å². The summed E-state index contributed by atoms with van der Waals surface area (Å²) in [6.45, 7) is -0.393. The summed E-state index contributed by atoms with van der Waals surface area (Å²) in [7, 11) is 0. The Hall–Kier alpha value is -4.04. The smallest absolute Gasteiger partial charge is 0.339 e. The lowest BCUT2D eigenvalue weighted by Crippen LogP contribution is -2.16. The van der Waals surface area contributed by atoms with E-state index >= 15 is 0 Å². The average Bonchev–Trinajstić information content (AvgIpc) is 3.58. The molecule has 0 bridgehead atoms. The number of nitrogens with zero attached hydrogens (tertiary/aromatic N) is 1. The number of primary amides is 1. The van der Waals surface area contributed by atoms with E-state index in [2.05, 4.69) is 0 Å². The van der Waals surface area contributed by atoms with E-state index in [1.54, 1.807) is 18.4 Å².